The molecule has 0 aliphatic carbocycles. The predicted molar refractivity (Wildman–Crippen MR) is 140 cm³/mol. The largest absolute Gasteiger partial charge is 0.508 e. The van der Waals surface area contributed by atoms with Crippen LogP contribution >= 0.6 is 0 Å². The Kier molecular flexibility index (Phi) is 13.0. The van der Waals surface area contributed by atoms with Crippen LogP contribution in [0, 0.1) is 5.92 Å². The molecule has 0 bridgehead atoms. The summed E-state index contributed by atoms with van der Waals surface area (Å²) in [4.78, 5) is 54.0. The number of aromatic hydroxyl groups is 1. The maximum atomic E-state index is 13.2. The Balaban J connectivity index is 3.00. The second-order valence-electron chi connectivity index (χ2n) is 9.28. The minimum Gasteiger partial charge on any atom is -0.508 e. The number of hydrogen-bond donors (Lipinski definition) is 9. The van der Waals surface area contributed by atoms with Gasteiger partial charge in [-0.2, -0.15) is 0 Å². The van der Waals surface area contributed by atoms with Gasteiger partial charge in [-0.15, -0.1) is 0 Å². The van der Waals surface area contributed by atoms with Crippen LogP contribution in [-0.2, 0) is 25.6 Å². The molecule has 0 aliphatic rings. The van der Waals surface area contributed by atoms with E-state index in [2.05, 4.69) is 20.9 Å². The zero-order valence-electron chi connectivity index (χ0n) is 21.8. The minimum atomic E-state index is -1.58. The van der Waals surface area contributed by atoms with Gasteiger partial charge in [-0.1, -0.05) is 26.0 Å². The summed E-state index contributed by atoms with van der Waals surface area (Å²) in [5, 5.41) is 35.7. The molecule has 0 fully saturated rings. The number of carbonyl (C=O) groups is 4. The number of guanidine groups is 1. The first kappa shape index (κ1) is 32.1. The molecular weight excluding hydrogens is 498 g/mol. The molecule has 0 aromatic heterocycles. The van der Waals surface area contributed by atoms with E-state index in [9.17, 15) is 34.5 Å². The van der Waals surface area contributed by atoms with E-state index in [1.807, 2.05) is 0 Å². The number of aliphatic hydroxyl groups is 1. The van der Waals surface area contributed by atoms with Gasteiger partial charge in [0.05, 0.1) is 12.1 Å². The number of rotatable bonds is 15. The van der Waals surface area contributed by atoms with E-state index >= 15 is 0 Å². The fourth-order valence-corrected chi connectivity index (χ4v) is 3.45. The van der Waals surface area contributed by atoms with Crippen LogP contribution in [-0.4, -0.2) is 81.8 Å². The monoisotopic (exact) mass is 537 g/mol. The van der Waals surface area contributed by atoms with Crippen molar-refractivity contribution in [3.63, 3.8) is 0 Å². The van der Waals surface area contributed by atoms with Gasteiger partial charge in [0, 0.05) is 6.54 Å². The van der Waals surface area contributed by atoms with E-state index in [1.165, 1.54) is 19.1 Å². The number of phenolic OH excluding ortho intramolecular Hbond substituents is 1. The molecule has 38 heavy (non-hydrogen) atoms. The van der Waals surface area contributed by atoms with Gasteiger partial charge in [-0.05, 0) is 49.8 Å². The minimum absolute atomic E-state index is 0.0659. The van der Waals surface area contributed by atoms with Gasteiger partial charge in [-0.25, -0.2) is 4.79 Å². The van der Waals surface area contributed by atoms with Crippen molar-refractivity contribution in [3.05, 3.63) is 29.8 Å². The zero-order chi connectivity index (χ0) is 29.0. The first-order chi connectivity index (χ1) is 17.7. The van der Waals surface area contributed by atoms with Crippen molar-refractivity contribution in [2.24, 2.45) is 28.1 Å². The Morgan fingerprint density at radius 3 is 2.00 bits per heavy atom. The summed E-state index contributed by atoms with van der Waals surface area (Å²) in [6, 6.07) is 1.30. The number of benzene rings is 1. The molecule has 0 saturated carbocycles. The average Bonchev–Trinajstić information content (AvgIpc) is 2.82. The van der Waals surface area contributed by atoms with Crippen molar-refractivity contribution in [1.82, 2.24) is 16.0 Å². The van der Waals surface area contributed by atoms with Gasteiger partial charge in [0.25, 0.3) is 0 Å². The van der Waals surface area contributed by atoms with Gasteiger partial charge in [-0.3, -0.25) is 19.4 Å². The summed E-state index contributed by atoms with van der Waals surface area (Å²) >= 11 is 0. The topological polar surface area (TPSA) is 255 Å². The number of amides is 3. The van der Waals surface area contributed by atoms with Crippen LogP contribution in [0.25, 0.3) is 0 Å². The Bertz CT molecular complexity index is 979. The number of carbonyl (C=O) groups excluding carboxylic acids is 3. The third-order valence-electron chi connectivity index (χ3n) is 5.60. The summed E-state index contributed by atoms with van der Waals surface area (Å²) in [7, 11) is 0. The number of aliphatic imine (C=N–C) groups is 1. The Labute approximate surface area is 221 Å². The summed E-state index contributed by atoms with van der Waals surface area (Å²) in [6.45, 7) is 4.68. The molecule has 3 amide bonds. The lowest BCUT2D eigenvalue weighted by Gasteiger charge is -2.27. The Morgan fingerprint density at radius 2 is 1.50 bits per heavy atom. The molecule has 14 nitrogen and oxygen atoms in total. The highest BCUT2D eigenvalue weighted by Crippen LogP contribution is 2.11. The summed E-state index contributed by atoms with van der Waals surface area (Å²) in [6.07, 6.45) is -0.817. The highest BCUT2D eigenvalue weighted by atomic mass is 16.4. The molecular formula is C24H39N7O7. The lowest BCUT2D eigenvalue weighted by Crippen LogP contribution is -2.59. The quantitative estimate of drug-likeness (QED) is 0.0668. The standard InChI is InChI=1S/C24H39N7O7/c1-12(2)18(22(36)31-19(13(3)32)23(37)38)30-21(35)17(5-4-10-28-24(26)27)29-20(34)16(25)11-14-6-8-15(33)9-7-14/h6-9,12-13,16-19,32-33H,4-5,10-11,25H2,1-3H3,(H,29,34)(H,30,35)(H,31,36)(H,37,38)(H4,26,27,28). The molecule has 1 aromatic rings. The van der Waals surface area contributed by atoms with Crippen molar-refractivity contribution < 1.29 is 34.5 Å². The molecule has 5 unspecified atom stereocenters. The van der Waals surface area contributed by atoms with Crippen LogP contribution in [0.4, 0.5) is 0 Å². The molecule has 212 valence electrons. The maximum Gasteiger partial charge on any atom is 0.328 e. The Hall–Kier alpha value is -3.91. The van der Waals surface area contributed by atoms with E-state index in [0.717, 1.165) is 0 Å². The fraction of sp³-hybridized carbons (Fsp3) is 0.542. The van der Waals surface area contributed by atoms with Crippen molar-refractivity contribution in [2.45, 2.75) is 70.3 Å². The molecule has 0 aliphatic heterocycles. The second-order valence-corrected chi connectivity index (χ2v) is 9.28. The molecule has 12 N–H and O–H groups in total. The van der Waals surface area contributed by atoms with Crippen molar-refractivity contribution >= 4 is 29.7 Å². The maximum absolute atomic E-state index is 13.2. The lowest BCUT2D eigenvalue weighted by molar-refractivity contribution is -0.145. The molecule has 0 saturated heterocycles. The number of carboxylic acids is 1. The zero-order valence-corrected chi connectivity index (χ0v) is 21.8. The molecule has 1 aromatic carbocycles. The number of nitrogens with two attached hydrogens (primary N) is 3. The van der Waals surface area contributed by atoms with Gasteiger partial charge >= 0.3 is 5.97 Å². The van der Waals surface area contributed by atoms with Crippen molar-refractivity contribution in [3.8, 4) is 5.75 Å². The summed E-state index contributed by atoms with van der Waals surface area (Å²) in [5.74, 6) is -4.09. The van der Waals surface area contributed by atoms with E-state index in [-0.39, 0.29) is 31.1 Å². The van der Waals surface area contributed by atoms with Crippen LogP contribution in [0.15, 0.2) is 29.3 Å². The second kappa shape index (κ2) is 15.4. The number of hydrogen-bond acceptors (Lipinski definition) is 8. The van der Waals surface area contributed by atoms with Crippen molar-refractivity contribution in [2.75, 3.05) is 6.54 Å². The molecule has 0 heterocycles. The first-order valence-corrected chi connectivity index (χ1v) is 12.1. The van der Waals surface area contributed by atoms with E-state index in [1.54, 1.807) is 26.0 Å². The van der Waals surface area contributed by atoms with E-state index in [0.29, 0.717) is 12.0 Å². The fourth-order valence-electron chi connectivity index (χ4n) is 3.45. The molecule has 5 atom stereocenters. The van der Waals surface area contributed by atoms with Gasteiger partial charge in [0.1, 0.15) is 17.8 Å². The highest BCUT2D eigenvalue weighted by Gasteiger charge is 2.33. The normalized spacial score (nSPS) is 14.9. The molecule has 0 radical (unpaired) electrons. The third-order valence-corrected chi connectivity index (χ3v) is 5.60. The number of aliphatic hydroxyl groups excluding tert-OH is 1. The van der Waals surface area contributed by atoms with E-state index < -0.39 is 59.9 Å². The number of phenols is 1. The smallest absolute Gasteiger partial charge is 0.328 e. The summed E-state index contributed by atoms with van der Waals surface area (Å²) < 4.78 is 0. The van der Waals surface area contributed by atoms with Crippen molar-refractivity contribution in [1.29, 1.82) is 0 Å². The first-order valence-electron chi connectivity index (χ1n) is 12.1. The van der Waals surface area contributed by atoms with Crippen LogP contribution in [0.3, 0.4) is 0 Å². The van der Waals surface area contributed by atoms with Gasteiger partial charge in [0.2, 0.25) is 17.7 Å². The number of nitrogens with zero attached hydrogens (tertiary/aromatic N) is 1. The summed E-state index contributed by atoms with van der Waals surface area (Å²) in [5.41, 5.74) is 17.4. The van der Waals surface area contributed by atoms with Crippen LogP contribution in [0.2, 0.25) is 0 Å². The third kappa shape index (κ3) is 11.0. The average molecular weight is 538 g/mol. The molecule has 1 rings (SSSR count). The van der Waals surface area contributed by atoms with E-state index in [4.69, 9.17) is 17.2 Å². The number of aliphatic carboxylic acids is 1. The Morgan fingerprint density at radius 1 is 0.921 bits per heavy atom. The van der Waals surface area contributed by atoms with Crippen LogP contribution in [0.5, 0.6) is 5.75 Å². The van der Waals surface area contributed by atoms with Crippen LogP contribution in [0.1, 0.15) is 39.2 Å². The van der Waals surface area contributed by atoms with Crippen LogP contribution < -0.4 is 33.2 Å². The lowest BCUT2D eigenvalue weighted by atomic mass is 10.0. The number of carboxylic acid groups (broad SMARTS) is 1. The van der Waals surface area contributed by atoms with Gasteiger partial charge < -0.3 is 48.5 Å². The highest BCUT2D eigenvalue weighted by molar-refractivity contribution is 5.94. The molecule has 14 heteroatoms. The molecule has 0 spiro atoms. The predicted octanol–water partition coefficient (Wildman–Crippen LogP) is -2.11. The number of nitrogens with one attached hydrogen (secondary N) is 3. The SMILES string of the molecule is CC(C)C(NC(=O)C(CCCN=C(N)N)NC(=O)C(N)Cc1ccc(O)cc1)C(=O)NC(C(=O)O)C(C)O. The van der Waals surface area contributed by atoms with Gasteiger partial charge in [0.15, 0.2) is 12.0 Å².